The lowest BCUT2D eigenvalue weighted by Gasteiger charge is -2.09. The number of sulfonamides is 1. The zero-order chi connectivity index (χ0) is 13.9. The number of phenols is 1. The highest BCUT2D eigenvalue weighted by Gasteiger charge is 2.12. The van der Waals surface area contributed by atoms with Crippen LogP contribution in [0.3, 0.4) is 0 Å². The third-order valence-corrected chi connectivity index (χ3v) is 3.77. The molecule has 0 amide bonds. The molecular formula is C13H14N2O3S. The molecule has 2 aromatic rings. The second-order valence-corrected chi connectivity index (χ2v) is 5.78. The first-order chi connectivity index (χ1) is 8.97. The molecule has 0 bridgehead atoms. The van der Waals surface area contributed by atoms with Crippen molar-refractivity contribution in [2.75, 3.05) is 5.43 Å². The fourth-order valence-electron chi connectivity index (χ4n) is 1.49. The number of nitrogens with one attached hydrogen (secondary N) is 2. The van der Waals surface area contributed by atoms with Crippen molar-refractivity contribution in [3.63, 3.8) is 0 Å². The van der Waals surface area contributed by atoms with Gasteiger partial charge in [-0.15, -0.1) is 4.83 Å². The van der Waals surface area contributed by atoms with Gasteiger partial charge in [0.25, 0.3) is 10.0 Å². The van der Waals surface area contributed by atoms with Crippen molar-refractivity contribution in [2.24, 2.45) is 0 Å². The molecule has 19 heavy (non-hydrogen) atoms. The summed E-state index contributed by atoms with van der Waals surface area (Å²) in [6, 6.07) is 12.7. The highest BCUT2D eigenvalue weighted by molar-refractivity contribution is 7.89. The molecule has 6 heteroatoms. The Morgan fingerprint density at radius 2 is 1.74 bits per heavy atom. The van der Waals surface area contributed by atoms with Crippen molar-refractivity contribution in [3.8, 4) is 5.75 Å². The monoisotopic (exact) mass is 278 g/mol. The van der Waals surface area contributed by atoms with E-state index in [2.05, 4.69) is 10.3 Å². The quantitative estimate of drug-likeness (QED) is 0.747. The van der Waals surface area contributed by atoms with E-state index in [1.54, 1.807) is 24.3 Å². The van der Waals surface area contributed by atoms with Crippen LogP contribution in [0.15, 0.2) is 53.4 Å². The molecule has 0 heterocycles. The van der Waals surface area contributed by atoms with E-state index in [0.717, 1.165) is 5.56 Å². The lowest BCUT2D eigenvalue weighted by Crippen LogP contribution is -2.29. The Balaban J connectivity index is 2.12. The summed E-state index contributed by atoms with van der Waals surface area (Å²) in [5, 5.41) is 9.27. The zero-order valence-corrected chi connectivity index (χ0v) is 11.1. The second-order valence-electron chi connectivity index (χ2n) is 4.09. The number of aromatic hydroxyl groups is 1. The van der Waals surface area contributed by atoms with Gasteiger partial charge < -0.3 is 10.5 Å². The molecule has 100 valence electrons. The molecule has 2 rings (SSSR count). The molecule has 3 N–H and O–H groups in total. The average molecular weight is 278 g/mol. The number of benzene rings is 2. The molecule has 0 atom stereocenters. The van der Waals surface area contributed by atoms with Gasteiger partial charge in [0.2, 0.25) is 0 Å². The molecule has 5 nitrogen and oxygen atoms in total. The molecule has 0 spiro atoms. The van der Waals surface area contributed by atoms with Crippen LogP contribution < -0.4 is 10.3 Å². The Morgan fingerprint density at radius 1 is 1.05 bits per heavy atom. The molecule has 0 unspecified atom stereocenters. The van der Waals surface area contributed by atoms with Gasteiger partial charge in [-0.3, -0.25) is 0 Å². The molecule has 0 saturated carbocycles. The number of hydrogen-bond acceptors (Lipinski definition) is 4. The van der Waals surface area contributed by atoms with Crippen LogP contribution in [0.25, 0.3) is 0 Å². The zero-order valence-electron chi connectivity index (χ0n) is 10.3. The van der Waals surface area contributed by atoms with E-state index >= 15 is 0 Å². The van der Waals surface area contributed by atoms with E-state index in [9.17, 15) is 13.5 Å². The van der Waals surface area contributed by atoms with E-state index in [1.165, 1.54) is 24.3 Å². The van der Waals surface area contributed by atoms with Gasteiger partial charge in [0, 0.05) is 6.07 Å². The predicted molar refractivity (Wildman–Crippen MR) is 73.2 cm³/mol. The van der Waals surface area contributed by atoms with Crippen LogP contribution in [0.1, 0.15) is 5.56 Å². The minimum Gasteiger partial charge on any atom is -0.508 e. The van der Waals surface area contributed by atoms with Crippen LogP contribution in [-0.2, 0) is 10.0 Å². The Bertz CT molecular complexity index is 667. The van der Waals surface area contributed by atoms with Crippen LogP contribution in [0.2, 0.25) is 0 Å². The number of anilines is 1. The molecule has 2 aromatic carbocycles. The van der Waals surface area contributed by atoms with Gasteiger partial charge in [-0.25, -0.2) is 8.42 Å². The van der Waals surface area contributed by atoms with Crippen LogP contribution in [0.5, 0.6) is 5.75 Å². The maximum Gasteiger partial charge on any atom is 0.257 e. The first kappa shape index (κ1) is 13.4. The molecule has 0 radical (unpaired) electrons. The van der Waals surface area contributed by atoms with Gasteiger partial charge in [0.1, 0.15) is 5.75 Å². The van der Waals surface area contributed by atoms with E-state index < -0.39 is 10.0 Å². The largest absolute Gasteiger partial charge is 0.508 e. The van der Waals surface area contributed by atoms with E-state index in [4.69, 9.17) is 0 Å². The highest BCUT2D eigenvalue weighted by atomic mass is 32.2. The summed E-state index contributed by atoms with van der Waals surface area (Å²) in [5.41, 5.74) is 3.98. The minimum atomic E-state index is -3.63. The molecule has 0 aliphatic rings. The smallest absolute Gasteiger partial charge is 0.257 e. The van der Waals surface area contributed by atoms with Crippen molar-refractivity contribution in [1.29, 1.82) is 0 Å². The Kier molecular flexibility index (Phi) is 3.73. The lowest BCUT2D eigenvalue weighted by atomic mass is 10.2. The number of aryl methyl sites for hydroxylation is 1. The Morgan fingerprint density at radius 3 is 2.37 bits per heavy atom. The van der Waals surface area contributed by atoms with Crippen molar-refractivity contribution < 1.29 is 13.5 Å². The van der Waals surface area contributed by atoms with E-state index in [1.807, 2.05) is 6.92 Å². The number of hydrogen-bond donors (Lipinski definition) is 3. The van der Waals surface area contributed by atoms with E-state index in [-0.39, 0.29) is 10.6 Å². The standard InChI is InChI=1S/C13H14N2O3S/c1-10-5-7-13(8-6-10)19(17,18)15-14-11-3-2-4-12(16)9-11/h2-9,14-16H,1H3. The summed E-state index contributed by atoms with van der Waals surface area (Å²) < 4.78 is 23.9. The summed E-state index contributed by atoms with van der Waals surface area (Å²) in [4.78, 5) is 2.42. The Hall–Kier alpha value is -2.05. The van der Waals surface area contributed by atoms with Crippen LogP contribution in [0, 0.1) is 6.92 Å². The molecule has 0 aliphatic heterocycles. The van der Waals surface area contributed by atoms with Crippen LogP contribution >= 0.6 is 0 Å². The fraction of sp³-hybridized carbons (Fsp3) is 0.0769. The van der Waals surface area contributed by atoms with Crippen molar-refractivity contribution in [2.45, 2.75) is 11.8 Å². The summed E-state index contributed by atoms with van der Waals surface area (Å²) >= 11 is 0. The predicted octanol–water partition coefficient (Wildman–Crippen LogP) is 2.01. The third-order valence-electron chi connectivity index (χ3n) is 2.51. The molecule has 0 saturated heterocycles. The van der Waals surface area contributed by atoms with Crippen molar-refractivity contribution >= 4 is 15.7 Å². The van der Waals surface area contributed by atoms with Crippen molar-refractivity contribution in [3.05, 3.63) is 54.1 Å². The van der Waals surface area contributed by atoms with Crippen LogP contribution in [-0.4, -0.2) is 13.5 Å². The second kappa shape index (κ2) is 5.29. The van der Waals surface area contributed by atoms with Gasteiger partial charge in [0.05, 0.1) is 10.6 Å². The summed E-state index contributed by atoms with van der Waals surface area (Å²) in [6.07, 6.45) is 0. The normalized spacial score (nSPS) is 11.2. The molecule has 0 fully saturated rings. The number of rotatable bonds is 4. The molecule has 0 aliphatic carbocycles. The maximum atomic E-state index is 12.0. The topological polar surface area (TPSA) is 78.4 Å². The van der Waals surface area contributed by atoms with Crippen LogP contribution in [0.4, 0.5) is 5.69 Å². The van der Waals surface area contributed by atoms with Gasteiger partial charge in [-0.1, -0.05) is 23.8 Å². The summed E-state index contributed by atoms with van der Waals surface area (Å²) in [6.45, 7) is 1.88. The fourth-order valence-corrected chi connectivity index (χ4v) is 2.35. The summed E-state index contributed by atoms with van der Waals surface area (Å²) in [5.74, 6) is 0.0551. The Labute approximate surface area is 111 Å². The SMILES string of the molecule is Cc1ccc(S(=O)(=O)NNc2cccc(O)c2)cc1. The number of phenolic OH excluding ortho intramolecular Hbond substituents is 1. The van der Waals surface area contributed by atoms with Gasteiger partial charge in [-0.05, 0) is 31.2 Å². The number of hydrazine groups is 1. The van der Waals surface area contributed by atoms with E-state index in [0.29, 0.717) is 5.69 Å². The first-order valence-electron chi connectivity index (χ1n) is 5.61. The van der Waals surface area contributed by atoms with Gasteiger partial charge in [0.15, 0.2) is 0 Å². The highest BCUT2D eigenvalue weighted by Crippen LogP contribution is 2.15. The lowest BCUT2D eigenvalue weighted by molar-refractivity contribution is 0.475. The summed E-state index contributed by atoms with van der Waals surface area (Å²) in [7, 11) is -3.63. The molecule has 0 aromatic heterocycles. The first-order valence-corrected chi connectivity index (χ1v) is 7.09. The third kappa shape index (κ3) is 3.46. The van der Waals surface area contributed by atoms with Gasteiger partial charge >= 0.3 is 0 Å². The van der Waals surface area contributed by atoms with Crippen molar-refractivity contribution in [1.82, 2.24) is 4.83 Å². The minimum absolute atomic E-state index is 0.0551. The van der Waals surface area contributed by atoms with Gasteiger partial charge in [-0.2, -0.15) is 0 Å². The molecular weight excluding hydrogens is 264 g/mol. The maximum absolute atomic E-state index is 12.0. The average Bonchev–Trinajstić information content (AvgIpc) is 2.37.